The van der Waals surface area contributed by atoms with Gasteiger partial charge in [0, 0.05) is 12.2 Å². The van der Waals surface area contributed by atoms with E-state index in [9.17, 15) is 0 Å². The average Bonchev–Trinajstić information content (AvgIpc) is 2.93. The predicted octanol–water partition coefficient (Wildman–Crippen LogP) is 2.89. The van der Waals surface area contributed by atoms with Crippen LogP contribution in [0.15, 0.2) is 12.3 Å². The van der Waals surface area contributed by atoms with Crippen LogP contribution in [-0.4, -0.2) is 22.4 Å². The molecule has 3 unspecified atom stereocenters. The van der Waals surface area contributed by atoms with Gasteiger partial charge in [-0.15, -0.1) is 0 Å². The molecule has 1 heterocycles. The van der Waals surface area contributed by atoms with Gasteiger partial charge in [0.05, 0.1) is 18.4 Å². The van der Waals surface area contributed by atoms with E-state index in [0.717, 1.165) is 25.1 Å². The minimum atomic E-state index is 0.326. The van der Waals surface area contributed by atoms with E-state index in [1.165, 1.54) is 19.3 Å². The van der Waals surface area contributed by atoms with Crippen molar-refractivity contribution in [2.75, 3.05) is 6.54 Å². The minimum absolute atomic E-state index is 0.326. The Morgan fingerprint density at radius 1 is 1.47 bits per heavy atom. The lowest BCUT2D eigenvalue weighted by atomic mass is 9.86. The SMILES string of the molecule is CCC(C)n1ccc(COC2CCCCC2CN)n1. The van der Waals surface area contributed by atoms with Gasteiger partial charge in [-0.2, -0.15) is 5.10 Å². The van der Waals surface area contributed by atoms with Crippen molar-refractivity contribution in [2.45, 2.75) is 64.7 Å². The van der Waals surface area contributed by atoms with E-state index >= 15 is 0 Å². The van der Waals surface area contributed by atoms with Crippen molar-refractivity contribution in [3.8, 4) is 0 Å². The maximum absolute atomic E-state index is 6.04. The first-order valence-corrected chi connectivity index (χ1v) is 7.60. The van der Waals surface area contributed by atoms with Crippen LogP contribution in [0.3, 0.4) is 0 Å². The smallest absolute Gasteiger partial charge is 0.0910 e. The van der Waals surface area contributed by atoms with Crippen LogP contribution in [0.2, 0.25) is 0 Å². The highest BCUT2D eigenvalue weighted by molar-refractivity contribution is 4.98. The van der Waals surface area contributed by atoms with E-state index in [0.29, 0.717) is 24.7 Å². The van der Waals surface area contributed by atoms with E-state index in [-0.39, 0.29) is 0 Å². The van der Waals surface area contributed by atoms with Gasteiger partial charge < -0.3 is 10.5 Å². The molecule has 0 radical (unpaired) electrons. The van der Waals surface area contributed by atoms with Gasteiger partial charge in [-0.05, 0) is 44.7 Å². The van der Waals surface area contributed by atoms with Gasteiger partial charge in [0.25, 0.3) is 0 Å². The Morgan fingerprint density at radius 3 is 3.00 bits per heavy atom. The zero-order valence-corrected chi connectivity index (χ0v) is 12.2. The summed E-state index contributed by atoms with van der Waals surface area (Å²) in [5.74, 6) is 0.533. The predicted molar refractivity (Wildman–Crippen MR) is 76.8 cm³/mol. The highest BCUT2D eigenvalue weighted by Gasteiger charge is 2.24. The molecule has 0 aromatic carbocycles. The second kappa shape index (κ2) is 7.06. The summed E-state index contributed by atoms with van der Waals surface area (Å²) in [4.78, 5) is 0. The highest BCUT2D eigenvalue weighted by Crippen LogP contribution is 2.26. The summed E-state index contributed by atoms with van der Waals surface area (Å²) in [5.41, 5.74) is 6.85. The molecule has 1 aromatic heterocycles. The molecular formula is C15H27N3O. The van der Waals surface area contributed by atoms with Crippen LogP contribution in [0.1, 0.15) is 57.7 Å². The topological polar surface area (TPSA) is 53.1 Å². The summed E-state index contributed by atoms with van der Waals surface area (Å²) in [6, 6.07) is 2.52. The standard InChI is InChI=1S/C15H27N3O/c1-3-12(2)18-9-8-14(17-18)11-19-15-7-5-4-6-13(15)10-16/h8-9,12-13,15H,3-7,10-11,16H2,1-2H3. The number of ether oxygens (including phenoxy) is 1. The van der Waals surface area contributed by atoms with Gasteiger partial charge >= 0.3 is 0 Å². The summed E-state index contributed by atoms with van der Waals surface area (Å²) in [6.07, 6.45) is 8.39. The van der Waals surface area contributed by atoms with Crippen LogP contribution < -0.4 is 5.73 Å². The number of nitrogens with two attached hydrogens (primary N) is 1. The van der Waals surface area contributed by atoms with Crippen molar-refractivity contribution in [3.05, 3.63) is 18.0 Å². The van der Waals surface area contributed by atoms with Crippen molar-refractivity contribution in [3.63, 3.8) is 0 Å². The van der Waals surface area contributed by atoms with Crippen LogP contribution >= 0.6 is 0 Å². The van der Waals surface area contributed by atoms with Crippen molar-refractivity contribution in [1.82, 2.24) is 9.78 Å². The molecule has 0 amide bonds. The molecule has 108 valence electrons. The third-order valence-electron chi connectivity index (χ3n) is 4.29. The number of hydrogen-bond donors (Lipinski definition) is 1. The zero-order valence-electron chi connectivity index (χ0n) is 12.2. The molecule has 0 spiro atoms. The van der Waals surface area contributed by atoms with Crippen LogP contribution in [-0.2, 0) is 11.3 Å². The molecule has 2 rings (SSSR count). The molecule has 1 saturated carbocycles. The lowest BCUT2D eigenvalue weighted by Gasteiger charge is -2.30. The Balaban J connectivity index is 1.85. The third kappa shape index (κ3) is 3.80. The second-order valence-corrected chi connectivity index (χ2v) is 5.67. The van der Waals surface area contributed by atoms with E-state index < -0.39 is 0 Å². The van der Waals surface area contributed by atoms with Crippen molar-refractivity contribution in [2.24, 2.45) is 11.7 Å². The molecule has 1 aromatic rings. The summed E-state index contributed by atoms with van der Waals surface area (Å²) in [5, 5.41) is 4.58. The molecule has 3 atom stereocenters. The van der Waals surface area contributed by atoms with Crippen molar-refractivity contribution < 1.29 is 4.74 Å². The Morgan fingerprint density at radius 2 is 2.26 bits per heavy atom. The van der Waals surface area contributed by atoms with Gasteiger partial charge in [-0.25, -0.2) is 0 Å². The summed E-state index contributed by atoms with van der Waals surface area (Å²) >= 11 is 0. The van der Waals surface area contributed by atoms with E-state index in [1.54, 1.807) is 0 Å². The summed E-state index contributed by atoms with van der Waals surface area (Å²) in [6.45, 7) is 5.72. The first-order valence-electron chi connectivity index (χ1n) is 7.60. The number of rotatable bonds is 6. The maximum Gasteiger partial charge on any atom is 0.0910 e. The highest BCUT2D eigenvalue weighted by atomic mass is 16.5. The summed E-state index contributed by atoms with van der Waals surface area (Å²) < 4.78 is 8.07. The van der Waals surface area contributed by atoms with Gasteiger partial charge in [-0.3, -0.25) is 4.68 Å². The first kappa shape index (κ1) is 14.5. The Kier molecular flexibility index (Phi) is 5.40. The molecule has 1 fully saturated rings. The molecule has 4 heteroatoms. The fourth-order valence-electron chi connectivity index (χ4n) is 2.74. The molecule has 19 heavy (non-hydrogen) atoms. The first-order chi connectivity index (χ1) is 9.24. The lowest BCUT2D eigenvalue weighted by Crippen LogP contribution is -2.33. The zero-order chi connectivity index (χ0) is 13.7. The van der Waals surface area contributed by atoms with Crippen LogP contribution in [0.4, 0.5) is 0 Å². The molecule has 4 nitrogen and oxygen atoms in total. The van der Waals surface area contributed by atoms with Crippen molar-refractivity contribution in [1.29, 1.82) is 0 Å². The fraction of sp³-hybridized carbons (Fsp3) is 0.800. The van der Waals surface area contributed by atoms with Gasteiger partial charge in [0.15, 0.2) is 0 Å². The molecule has 2 N–H and O–H groups in total. The molecule has 0 saturated heterocycles. The molecular weight excluding hydrogens is 238 g/mol. The molecule has 0 bridgehead atoms. The number of aromatic nitrogens is 2. The van der Waals surface area contributed by atoms with E-state index in [4.69, 9.17) is 10.5 Å². The third-order valence-corrected chi connectivity index (χ3v) is 4.29. The Labute approximate surface area is 116 Å². The fourth-order valence-corrected chi connectivity index (χ4v) is 2.74. The molecule has 1 aliphatic rings. The molecule has 1 aliphatic carbocycles. The van der Waals surface area contributed by atoms with Gasteiger partial charge in [0.1, 0.15) is 0 Å². The minimum Gasteiger partial charge on any atom is -0.372 e. The summed E-state index contributed by atoms with van der Waals surface area (Å²) in [7, 11) is 0. The number of hydrogen-bond acceptors (Lipinski definition) is 3. The quantitative estimate of drug-likeness (QED) is 0.860. The normalized spacial score (nSPS) is 25.4. The average molecular weight is 265 g/mol. The van der Waals surface area contributed by atoms with Gasteiger partial charge in [-0.1, -0.05) is 19.8 Å². The van der Waals surface area contributed by atoms with Crippen LogP contribution in [0.5, 0.6) is 0 Å². The monoisotopic (exact) mass is 265 g/mol. The second-order valence-electron chi connectivity index (χ2n) is 5.67. The van der Waals surface area contributed by atoms with Crippen LogP contribution in [0.25, 0.3) is 0 Å². The van der Waals surface area contributed by atoms with Gasteiger partial charge in [0.2, 0.25) is 0 Å². The lowest BCUT2D eigenvalue weighted by molar-refractivity contribution is -0.0198. The largest absolute Gasteiger partial charge is 0.372 e. The number of nitrogens with zero attached hydrogens (tertiary/aromatic N) is 2. The van der Waals surface area contributed by atoms with Crippen molar-refractivity contribution >= 4 is 0 Å². The Hall–Kier alpha value is -0.870. The Bertz CT molecular complexity index is 377. The van der Waals surface area contributed by atoms with Crippen LogP contribution in [0, 0.1) is 5.92 Å². The molecule has 0 aliphatic heterocycles. The van der Waals surface area contributed by atoms with E-state index in [1.807, 2.05) is 10.9 Å². The van der Waals surface area contributed by atoms with E-state index in [2.05, 4.69) is 25.0 Å². The maximum atomic E-state index is 6.04.